The molecule has 7 heteroatoms. The van der Waals surface area contributed by atoms with E-state index in [1.54, 1.807) is 22.6 Å². The Balaban J connectivity index is 3.33. The third kappa shape index (κ3) is 2.27. The van der Waals surface area contributed by atoms with Gasteiger partial charge in [0.25, 0.3) is 9.05 Å². The summed E-state index contributed by atoms with van der Waals surface area (Å²) in [6.07, 6.45) is 0.817. The minimum Gasteiger partial charge on any atom is -0.240 e. The zero-order chi connectivity index (χ0) is 9.35. The molecule has 1 aromatic rings. The number of pyridine rings is 1. The summed E-state index contributed by atoms with van der Waals surface area (Å²) in [6, 6.07) is 1.07. The Morgan fingerprint density at radius 2 is 2.17 bits per heavy atom. The second-order valence-corrected chi connectivity index (χ2v) is 5.55. The van der Waals surface area contributed by atoms with Crippen LogP contribution in [0.15, 0.2) is 17.3 Å². The van der Waals surface area contributed by atoms with Gasteiger partial charge < -0.3 is 0 Å². The van der Waals surface area contributed by atoms with E-state index in [1.165, 1.54) is 0 Å². The zero-order valence-corrected chi connectivity index (χ0v) is 9.19. The van der Waals surface area contributed by atoms with Crippen molar-refractivity contribution in [2.24, 2.45) is 0 Å². The van der Waals surface area contributed by atoms with Gasteiger partial charge in [0.05, 0.1) is 9.77 Å². The van der Waals surface area contributed by atoms with Gasteiger partial charge in [-0.2, -0.15) is 0 Å². The first-order chi connectivity index (χ1) is 5.41. The van der Waals surface area contributed by atoms with Crippen LogP contribution in [-0.2, 0) is 9.05 Å². The highest BCUT2D eigenvalue weighted by Crippen LogP contribution is 2.16. The molecule has 0 N–H and O–H groups in total. The van der Waals surface area contributed by atoms with E-state index in [1.807, 2.05) is 0 Å². The van der Waals surface area contributed by atoms with Crippen LogP contribution in [0.2, 0.25) is 0 Å². The summed E-state index contributed by atoms with van der Waals surface area (Å²) in [5, 5.41) is -0.338. The Morgan fingerprint density at radius 3 is 2.58 bits per heavy atom. The second kappa shape index (κ2) is 3.43. The fourth-order valence-corrected chi connectivity index (χ4v) is 1.87. The average Bonchev–Trinajstić information content (AvgIpc) is 1.92. The first kappa shape index (κ1) is 10.1. The van der Waals surface area contributed by atoms with Gasteiger partial charge in [-0.3, -0.25) is 0 Å². The summed E-state index contributed by atoms with van der Waals surface area (Å²) in [5.41, 5.74) is 0. The minimum atomic E-state index is -3.85. The lowest BCUT2D eigenvalue weighted by molar-refractivity contribution is 0.596. The molecule has 0 radical (unpaired) electrons. The van der Waals surface area contributed by atoms with Crippen LogP contribution in [0.5, 0.6) is 0 Å². The number of halogens is 3. The van der Waals surface area contributed by atoms with Crippen LogP contribution in [-0.4, -0.2) is 13.4 Å². The number of hydrogen-bond acceptors (Lipinski definition) is 3. The molecule has 0 aliphatic rings. The van der Waals surface area contributed by atoms with Crippen LogP contribution in [0.4, 0.5) is 4.39 Å². The molecule has 1 rings (SSSR count). The summed E-state index contributed by atoms with van der Waals surface area (Å²) in [7, 11) is 1.11. The van der Waals surface area contributed by atoms with Crippen molar-refractivity contribution in [1.29, 1.82) is 0 Å². The predicted molar refractivity (Wildman–Crippen MR) is 50.0 cm³/mol. The Kier molecular flexibility index (Phi) is 2.89. The van der Waals surface area contributed by atoms with E-state index < -0.39 is 14.9 Å². The van der Waals surface area contributed by atoms with Gasteiger partial charge >= 0.3 is 0 Å². The first-order valence-electron chi connectivity index (χ1n) is 2.67. The van der Waals surface area contributed by atoms with Gasteiger partial charge in [-0.1, -0.05) is 0 Å². The second-order valence-electron chi connectivity index (χ2n) is 1.87. The van der Waals surface area contributed by atoms with E-state index in [0.717, 1.165) is 12.3 Å². The smallest absolute Gasteiger partial charge is 0.240 e. The van der Waals surface area contributed by atoms with Gasteiger partial charge in [0.1, 0.15) is 0 Å². The topological polar surface area (TPSA) is 47.0 Å². The van der Waals surface area contributed by atoms with Gasteiger partial charge in [-0.05, 0) is 28.7 Å². The third-order valence-corrected chi connectivity index (χ3v) is 3.06. The SMILES string of the molecule is O=S(=O)(Cl)c1cc(I)c(F)cn1. The number of nitrogens with zero attached hydrogens (tertiary/aromatic N) is 1. The van der Waals surface area contributed by atoms with Gasteiger partial charge in [-0.25, -0.2) is 17.8 Å². The first-order valence-corrected chi connectivity index (χ1v) is 6.06. The monoisotopic (exact) mass is 321 g/mol. The number of rotatable bonds is 1. The highest BCUT2D eigenvalue weighted by atomic mass is 127. The normalized spacial score (nSPS) is 11.6. The van der Waals surface area contributed by atoms with Gasteiger partial charge in [0, 0.05) is 10.7 Å². The Labute approximate surface area is 86.5 Å². The van der Waals surface area contributed by atoms with Crippen LogP contribution < -0.4 is 0 Å². The summed E-state index contributed by atoms with van der Waals surface area (Å²) in [5.74, 6) is -0.570. The molecule has 66 valence electrons. The fourth-order valence-electron chi connectivity index (χ4n) is 0.530. The molecule has 12 heavy (non-hydrogen) atoms. The molecular formula is C5H2ClFINO2S. The molecule has 0 atom stereocenters. The maximum absolute atomic E-state index is 12.6. The van der Waals surface area contributed by atoms with Crippen LogP contribution in [0.3, 0.4) is 0 Å². The van der Waals surface area contributed by atoms with Crippen molar-refractivity contribution in [3.8, 4) is 0 Å². The van der Waals surface area contributed by atoms with Crippen molar-refractivity contribution >= 4 is 42.3 Å². The van der Waals surface area contributed by atoms with Crippen LogP contribution in [0.25, 0.3) is 0 Å². The Bertz CT molecular complexity index is 408. The maximum Gasteiger partial charge on any atom is 0.278 e. The van der Waals surface area contributed by atoms with E-state index >= 15 is 0 Å². The maximum atomic E-state index is 12.6. The minimum absolute atomic E-state index is 0.168. The molecule has 0 bridgehead atoms. The molecule has 3 nitrogen and oxygen atoms in total. The summed E-state index contributed by atoms with van der Waals surface area (Å²) in [4.78, 5) is 3.31. The standard InChI is InChI=1S/C5H2ClFINO2S/c6-12(10,11)5-1-4(8)3(7)2-9-5/h1-2H. The highest BCUT2D eigenvalue weighted by Gasteiger charge is 2.13. The highest BCUT2D eigenvalue weighted by molar-refractivity contribution is 14.1. The molecule has 1 aromatic heterocycles. The van der Waals surface area contributed by atoms with E-state index in [2.05, 4.69) is 4.98 Å². The summed E-state index contributed by atoms with van der Waals surface area (Å²) in [6.45, 7) is 0. The molecule has 0 aliphatic carbocycles. The average molecular weight is 321 g/mol. The van der Waals surface area contributed by atoms with Crippen LogP contribution >= 0.6 is 33.3 Å². The number of hydrogen-bond donors (Lipinski definition) is 0. The van der Waals surface area contributed by atoms with E-state index in [4.69, 9.17) is 10.7 Å². The molecule has 0 spiro atoms. The lowest BCUT2D eigenvalue weighted by atomic mass is 10.5. The van der Waals surface area contributed by atoms with Crippen molar-refractivity contribution in [2.45, 2.75) is 5.03 Å². The lowest BCUT2D eigenvalue weighted by Crippen LogP contribution is -1.96. The Hall–Kier alpha value is 0.0500. The molecule has 0 aromatic carbocycles. The van der Waals surface area contributed by atoms with Crippen molar-refractivity contribution in [3.63, 3.8) is 0 Å². The molecule has 0 saturated heterocycles. The third-order valence-electron chi connectivity index (χ3n) is 1.03. The van der Waals surface area contributed by atoms with Gasteiger partial charge in [-0.15, -0.1) is 0 Å². The molecule has 0 unspecified atom stereocenters. The zero-order valence-electron chi connectivity index (χ0n) is 5.46. The van der Waals surface area contributed by atoms with Gasteiger partial charge in [0.15, 0.2) is 10.8 Å². The molecule has 0 aliphatic heterocycles. The van der Waals surface area contributed by atoms with E-state index in [-0.39, 0.29) is 8.60 Å². The van der Waals surface area contributed by atoms with Crippen molar-refractivity contribution in [3.05, 3.63) is 21.7 Å². The predicted octanol–water partition coefficient (Wildman–Crippen LogP) is 1.75. The molecule has 0 fully saturated rings. The van der Waals surface area contributed by atoms with Crippen molar-refractivity contribution < 1.29 is 12.8 Å². The fraction of sp³-hybridized carbons (Fsp3) is 0. The molecule has 0 saturated carbocycles. The van der Waals surface area contributed by atoms with Crippen LogP contribution in [0.1, 0.15) is 0 Å². The molecular weight excluding hydrogens is 319 g/mol. The number of aromatic nitrogens is 1. The van der Waals surface area contributed by atoms with Crippen molar-refractivity contribution in [2.75, 3.05) is 0 Å². The van der Waals surface area contributed by atoms with E-state index in [9.17, 15) is 12.8 Å². The largest absolute Gasteiger partial charge is 0.278 e. The quantitative estimate of drug-likeness (QED) is 0.585. The van der Waals surface area contributed by atoms with E-state index in [0.29, 0.717) is 0 Å². The summed E-state index contributed by atoms with van der Waals surface area (Å²) < 4.78 is 34.1. The Morgan fingerprint density at radius 1 is 1.58 bits per heavy atom. The van der Waals surface area contributed by atoms with Crippen LogP contribution in [0, 0.1) is 9.39 Å². The molecule has 1 heterocycles. The summed E-state index contributed by atoms with van der Waals surface area (Å²) >= 11 is 1.65. The lowest BCUT2D eigenvalue weighted by Gasteiger charge is -1.96. The molecule has 0 amide bonds. The van der Waals surface area contributed by atoms with Crippen molar-refractivity contribution in [1.82, 2.24) is 4.98 Å². The van der Waals surface area contributed by atoms with Gasteiger partial charge in [0.2, 0.25) is 0 Å².